The minimum atomic E-state index is -1.43. The number of carbonyl (C=O) groups is 1. The SMILES string of the molecule is CCC(Nc1cc(C(=O)O)c(F)cc1F)c1ccccc1. The Morgan fingerprint density at radius 3 is 2.43 bits per heavy atom. The summed E-state index contributed by atoms with van der Waals surface area (Å²) in [6.07, 6.45) is 0.670. The van der Waals surface area contributed by atoms with Gasteiger partial charge in [-0.05, 0) is 18.1 Å². The van der Waals surface area contributed by atoms with E-state index in [1.807, 2.05) is 37.3 Å². The molecule has 0 saturated carbocycles. The molecule has 0 heterocycles. The second-order valence-corrected chi connectivity index (χ2v) is 4.63. The molecular formula is C16H15F2NO2. The van der Waals surface area contributed by atoms with Crippen LogP contribution in [0.25, 0.3) is 0 Å². The van der Waals surface area contributed by atoms with Crippen molar-refractivity contribution in [1.82, 2.24) is 0 Å². The number of carboxylic acids is 1. The van der Waals surface area contributed by atoms with E-state index in [0.717, 1.165) is 11.6 Å². The zero-order valence-corrected chi connectivity index (χ0v) is 11.4. The normalized spacial score (nSPS) is 12.0. The van der Waals surface area contributed by atoms with Crippen LogP contribution in [0.3, 0.4) is 0 Å². The van der Waals surface area contributed by atoms with E-state index in [9.17, 15) is 13.6 Å². The summed E-state index contributed by atoms with van der Waals surface area (Å²) in [6, 6.07) is 10.8. The molecule has 0 bridgehead atoms. The van der Waals surface area contributed by atoms with E-state index < -0.39 is 23.2 Å². The minimum Gasteiger partial charge on any atom is -0.478 e. The summed E-state index contributed by atoms with van der Waals surface area (Å²) in [5.74, 6) is -3.33. The average Bonchev–Trinajstić information content (AvgIpc) is 2.47. The molecule has 0 fully saturated rings. The van der Waals surface area contributed by atoms with Gasteiger partial charge in [-0.1, -0.05) is 37.3 Å². The lowest BCUT2D eigenvalue weighted by atomic mass is 10.0. The Morgan fingerprint density at radius 1 is 1.19 bits per heavy atom. The number of halogens is 2. The predicted molar refractivity (Wildman–Crippen MR) is 76.4 cm³/mol. The number of aromatic carboxylic acids is 1. The first-order chi connectivity index (χ1) is 10.0. The summed E-state index contributed by atoms with van der Waals surface area (Å²) in [4.78, 5) is 10.9. The molecule has 0 aliphatic rings. The van der Waals surface area contributed by atoms with Gasteiger partial charge in [0.1, 0.15) is 11.6 Å². The minimum absolute atomic E-state index is 0.0236. The van der Waals surface area contributed by atoms with Gasteiger partial charge in [0, 0.05) is 6.07 Å². The highest BCUT2D eigenvalue weighted by Crippen LogP contribution is 2.26. The third-order valence-corrected chi connectivity index (χ3v) is 3.23. The first-order valence-corrected chi connectivity index (χ1v) is 6.56. The summed E-state index contributed by atoms with van der Waals surface area (Å²) >= 11 is 0. The van der Waals surface area contributed by atoms with Crippen molar-refractivity contribution in [2.24, 2.45) is 0 Å². The van der Waals surface area contributed by atoms with Crippen LogP contribution < -0.4 is 5.32 Å². The van der Waals surface area contributed by atoms with Gasteiger partial charge < -0.3 is 10.4 Å². The van der Waals surface area contributed by atoms with Gasteiger partial charge in [0.25, 0.3) is 0 Å². The van der Waals surface area contributed by atoms with Gasteiger partial charge in [-0.2, -0.15) is 0 Å². The van der Waals surface area contributed by atoms with Crippen LogP contribution >= 0.6 is 0 Å². The second-order valence-electron chi connectivity index (χ2n) is 4.63. The molecule has 0 aromatic heterocycles. The molecule has 2 aromatic rings. The average molecular weight is 291 g/mol. The predicted octanol–water partition coefficient (Wildman–Crippen LogP) is 4.23. The Balaban J connectivity index is 2.34. The van der Waals surface area contributed by atoms with Gasteiger partial charge in [-0.15, -0.1) is 0 Å². The number of nitrogens with one attached hydrogen (secondary N) is 1. The molecule has 2 N–H and O–H groups in total. The lowest BCUT2D eigenvalue weighted by Gasteiger charge is -2.19. The molecule has 0 aliphatic heterocycles. The van der Waals surface area contributed by atoms with Gasteiger partial charge in [0.2, 0.25) is 0 Å². The van der Waals surface area contributed by atoms with Gasteiger partial charge >= 0.3 is 5.97 Å². The number of hydrogen-bond acceptors (Lipinski definition) is 2. The highest BCUT2D eigenvalue weighted by molar-refractivity contribution is 5.89. The van der Waals surface area contributed by atoms with E-state index in [1.165, 1.54) is 0 Å². The van der Waals surface area contributed by atoms with Crippen LogP contribution in [0.2, 0.25) is 0 Å². The highest BCUT2D eigenvalue weighted by atomic mass is 19.1. The number of benzene rings is 2. The topological polar surface area (TPSA) is 49.3 Å². The molecule has 21 heavy (non-hydrogen) atoms. The van der Waals surface area contributed by atoms with Crippen LogP contribution in [-0.4, -0.2) is 11.1 Å². The van der Waals surface area contributed by atoms with Crippen molar-refractivity contribution in [3.63, 3.8) is 0 Å². The Bertz CT molecular complexity index is 644. The van der Waals surface area contributed by atoms with Crippen molar-refractivity contribution >= 4 is 11.7 Å². The quantitative estimate of drug-likeness (QED) is 0.867. The maximum Gasteiger partial charge on any atom is 0.338 e. The van der Waals surface area contributed by atoms with Crippen molar-refractivity contribution in [3.05, 3.63) is 65.2 Å². The first-order valence-electron chi connectivity index (χ1n) is 6.56. The Morgan fingerprint density at radius 2 is 1.86 bits per heavy atom. The first kappa shape index (κ1) is 15.0. The van der Waals surface area contributed by atoms with Gasteiger partial charge in [-0.3, -0.25) is 0 Å². The lowest BCUT2D eigenvalue weighted by molar-refractivity contribution is 0.0692. The summed E-state index contributed by atoms with van der Waals surface area (Å²) < 4.78 is 27.2. The summed E-state index contributed by atoms with van der Waals surface area (Å²) in [6.45, 7) is 1.92. The van der Waals surface area contributed by atoms with Gasteiger partial charge in [0.15, 0.2) is 0 Å². The van der Waals surface area contributed by atoms with Crippen LogP contribution in [0.5, 0.6) is 0 Å². The van der Waals surface area contributed by atoms with Gasteiger partial charge in [0.05, 0.1) is 17.3 Å². The van der Waals surface area contributed by atoms with Crippen molar-refractivity contribution < 1.29 is 18.7 Å². The summed E-state index contributed by atoms with van der Waals surface area (Å²) in [5, 5.41) is 11.8. The number of hydrogen-bond donors (Lipinski definition) is 2. The molecule has 0 spiro atoms. The molecule has 1 atom stereocenters. The molecule has 0 amide bonds. The largest absolute Gasteiger partial charge is 0.478 e. The Kier molecular flexibility index (Phi) is 4.52. The Labute approximate surface area is 121 Å². The van der Waals surface area contributed by atoms with Crippen LogP contribution in [-0.2, 0) is 0 Å². The monoisotopic (exact) mass is 291 g/mol. The van der Waals surface area contributed by atoms with Crippen LogP contribution in [0.15, 0.2) is 42.5 Å². The standard InChI is InChI=1S/C16H15F2NO2/c1-2-14(10-6-4-3-5-7-10)19-15-8-11(16(20)21)12(17)9-13(15)18/h3-9,14,19H,2H2,1H3,(H,20,21). The van der Waals surface area contributed by atoms with E-state index in [1.54, 1.807) is 0 Å². The summed E-state index contributed by atoms with van der Waals surface area (Å²) in [7, 11) is 0. The van der Waals surface area contributed by atoms with E-state index in [4.69, 9.17) is 5.11 Å². The fourth-order valence-electron chi connectivity index (χ4n) is 2.12. The fraction of sp³-hybridized carbons (Fsp3) is 0.188. The molecule has 2 rings (SSSR count). The maximum atomic E-state index is 13.8. The maximum absolute atomic E-state index is 13.8. The van der Waals surface area contributed by atoms with Crippen molar-refractivity contribution in [2.45, 2.75) is 19.4 Å². The van der Waals surface area contributed by atoms with E-state index in [-0.39, 0.29) is 11.7 Å². The number of anilines is 1. The Hall–Kier alpha value is -2.43. The third kappa shape index (κ3) is 3.37. The molecule has 0 radical (unpaired) electrons. The molecule has 5 heteroatoms. The molecule has 3 nitrogen and oxygen atoms in total. The van der Waals surface area contributed by atoms with E-state index in [2.05, 4.69) is 5.32 Å². The zero-order valence-electron chi connectivity index (χ0n) is 11.4. The van der Waals surface area contributed by atoms with Gasteiger partial charge in [-0.25, -0.2) is 13.6 Å². The zero-order chi connectivity index (χ0) is 15.4. The molecule has 110 valence electrons. The van der Waals surface area contributed by atoms with Crippen LogP contribution in [0.4, 0.5) is 14.5 Å². The molecule has 1 unspecified atom stereocenters. The fourth-order valence-corrected chi connectivity index (χ4v) is 2.12. The lowest BCUT2D eigenvalue weighted by Crippen LogP contribution is -2.12. The molecular weight excluding hydrogens is 276 g/mol. The third-order valence-electron chi connectivity index (χ3n) is 3.23. The van der Waals surface area contributed by atoms with Crippen LogP contribution in [0.1, 0.15) is 35.3 Å². The molecule has 0 aliphatic carbocycles. The van der Waals surface area contributed by atoms with Crippen LogP contribution in [0, 0.1) is 11.6 Å². The van der Waals surface area contributed by atoms with Crippen molar-refractivity contribution in [1.29, 1.82) is 0 Å². The molecule has 2 aromatic carbocycles. The van der Waals surface area contributed by atoms with Crippen molar-refractivity contribution in [3.8, 4) is 0 Å². The van der Waals surface area contributed by atoms with Crippen molar-refractivity contribution in [2.75, 3.05) is 5.32 Å². The number of carboxylic acid groups (broad SMARTS) is 1. The smallest absolute Gasteiger partial charge is 0.338 e. The summed E-state index contributed by atoms with van der Waals surface area (Å²) in [5.41, 5.74) is 0.368. The van der Waals surface area contributed by atoms with E-state index >= 15 is 0 Å². The van der Waals surface area contributed by atoms with E-state index in [0.29, 0.717) is 12.5 Å². The highest BCUT2D eigenvalue weighted by Gasteiger charge is 2.17. The second kappa shape index (κ2) is 6.35. The number of rotatable bonds is 5. The molecule has 0 saturated heterocycles.